The Labute approximate surface area is 205 Å². The Morgan fingerprint density at radius 1 is 1.03 bits per heavy atom. The lowest BCUT2D eigenvalue weighted by atomic mass is 10.1. The van der Waals surface area contributed by atoms with Gasteiger partial charge in [0, 0.05) is 5.56 Å². The average molecular weight is 516 g/mol. The molecular weight excluding hydrogens is 497 g/mol. The standard InChI is InChI=1S/C25H19F3N2O5S/c1-16-10-12-19(13-11-16)36(32,33)35-23-17(6-5-9-22(23)34-2)14-18(15-29)24(31)30-21-8-4-3-7-20(21)25(26,27)28/h3-14H,1-2H3,(H,30,31). The van der Waals surface area contributed by atoms with Crippen molar-refractivity contribution in [3.63, 3.8) is 0 Å². The highest BCUT2D eigenvalue weighted by atomic mass is 32.2. The van der Waals surface area contributed by atoms with Crippen molar-refractivity contribution in [2.75, 3.05) is 12.4 Å². The Morgan fingerprint density at radius 3 is 2.31 bits per heavy atom. The number of hydrogen-bond acceptors (Lipinski definition) is 6. The minimum Gasteiger partial charge on any atom is -0.493 e. The minimum absolute atomic E-state index is 0.0143. The lowest BCUT2D eigenvalue weighted by molar-refractivity contribution is -0.137. The third-order valence-corrected chi connectivity index (χ3v) is 6.11. The summed E-state index contributed by atoms with van der Waals surface area (Å²) in [6.45, 7) is 1.78. The van der Waals surface area contributed by atoms with E-state index in [-0.39, 0.29) is 22.0 Å². The largest absolute Gasteiger partial charge is 0.493 e. The number of nitriles is 1. The number of methoxy groups -OCH3 is 1. The van der Waals surface area contributed by atoms with Gasteiger partial charge in [0.05, 0.1) is 18.4 Å². The molecular formula is C25H19F3N2O5S. The van der Waals surface area contributed by atoms with Crippen molar-refractivity contribution in [1.29, 1.82) is 5.26 Å². The van der Waals surface area contributed by atoms with Crippen LogP contribution < -0.4 is 14.2 Å². The van der Waals surface area contributed by atoms with E-state index in [1.807, 2.05) is 0 Å². The number of nitrogens with one attached hydrogen (secondary N) is 1. The van der Waals surface area contributed by atoms with E-state index in [4.69, 9.17) is 8.92 Å². The van der Waals surface area contributed by atoms with Crippen molar-refractivity contribution in [2.45, 2.75) is 18.0 Å². The molecule has 186 valence electrons. The van der Waals surface area contributed by atoms with Crippen molar-refractivity contribution < 1.29 is 35.3 Å². The molecule has 0 saturated carbocycles. The Bertz CT molecular complexity index is 1460. The first-order chi connectivity index (χ1) is 17.0. The summed E-state index contributed by atoms with van der Waals surface area (Å²) in [4.78, 5) is 12.5. The van der Waals surface area contributed by atoms with E-state index in [0.29, 0.717) is 0 Å². The van der Waals surface area contributed by atoms with E-state index < -0.39 is 39.0 Å². The molecule has 0 aliphatic carbocycles. The summed E-state index contributed by atoms with van der Waals surface area (Å²) in [5, 5.41) is 11.6. The van der Waals surface area contributed by atoms with Crippen LogP contribution in [0.4, 0.5) is 18.9 Å². The molecule has 11 heteroatoms. The molecule has 0 aliphatic rings. The fraction of sp³-hybridized carbons (Fsp3) is 0.120. The number of carbonyl (C=O) groups excluding carboxylic acids is 1. The molecule has 0 saturated heterocycles. The van der Waals surface area contributed by atoms with Crippen molar-refractivity contribution in [3.8, 4) is 17.6 Å². The highest BCUT2D eigenvalue weighted by molar-refractivity contribution is 7.87. The molecule has 1 amide bonds. The van der Waals surface area contributed by atoms with Gasteiger partial charge in [-0.1, -0.05) is 42.0 Å². The van der Waals surface area contributed by atoms with Crippen LogP contribution in [0.25, 0.3) is 6.08 Å². The summed E-state index contributed by atoms with van der Waals surface area (Å²) in [5.74, 6) is -1.46. The molecule has 1 N–H and O–H groups in total. The maximum absolute atomic E-state index is 13.3. The zero-order valence-electron chi connectivity index (χ0n) is 19.0. The first-order valence-corrected chi connectivity index (χ1v) is 11.6. The molecule has 7 nitrogen and oxygen atoms in total. The third-order valence-electron chi connectivity index (χ3n) is 4.88. The van der Waals surface area contributed by atoms with Crippen LogP contribution in [0.3, 0.4) is 0 Å². The van der Waals surface area contributed by atoms with Gasteiger partial charge in [0.15, 0.2) is 11.5 Å². The van der Waals surface area contributed by atoms with Gasteiger partial charge < -0.3 is 14.2 Å². The third kappa shape index (κ3) is 6.03. The summed E-state index contributed by atoms with van der Waals surface area (Å²) in [7, 11) is -3.07. The van der Waals surface area contributed by atoms with Crippen LogP contribution in [0, 0.1) is 18.3 Å². The second-order valence-electron chi connectivity index (χ2n) is 7.40. The van der Waals surface area contributed by atoms with Gasteiger partial charge in [-0.3, -0.25) is 4.79 Å². The molecule has 0 bridgehead atoms. The van der Waals surface area contributed by atoms with Gasteiger partial charge >= 0.3 is 16.3 Å². The topological polar surface area (TPSA) is 105 Å². The number of halogens is 3. The number of benzene rings is 3. The Hall–Kier alpha value is -4.30. The first-order valence-electron chi connectivity index (χ1n) is 10.2. The zero-order valence-corrected chi connectivity index (χ0v) is 19.8. The smallest absolute Gasteiger partial charge is 0.418 e. The number of ether oxygens (including phenoxy) is 1. The molecule has 0 atom stereocenters. The summed E-state index contributed by atoms with van der Waals surface area (Å²) in [5.41, 5.74) is -1.43. The number of carbonyl (C=O) groups is 1. The number of aryl methyl sites for hydroxylation is 1. The van der Waals surface area contributed by atoms with Crippen molar-refractivity contribution in [3.05, 3.63) is 89.0 Å². The van der Waals surface area contributed by atoms with E-state index in [9.17, 15) is 31.6 Å². The summed E-state index contributed by atoms with van der Waals surface area (Å²) < 4.78 is 76.0. The maximum Gasteiger partial charge on any atom is 0.418 e. The van der Waals surface area contributed by atoms with Crippen LogP contribution in [0.2, 0.25) is 0 Å². The van der Waals surface area contributed by atoms with E-state index in [2.05, 4.69) is 5.32 Å². The summed E-state index contributed by atoms with van der Waals surface area (Å²) >= 11 is 0. The van der Waals surface area contributed by atoms with Gasteiger partial charge in [0.2, 0.25) is 0 Å². The lowest BCUT2D eigenvalue weighted by Gasteiger charge is -2.14. The van der Waals surface area contributed by atoms with Crippen LogP contribution in [0.1, 0.15) is 16.7 Å². The fourth-order valence-corrected chi connectivity index (χ4v) is 4.06. The molecule has 3 aromatic rings. The highest BCUT2D eigenvalue weighted by Gasteiger charge is 2.33. The van der Waals surface area contributed by atoms with Crippen LogP contribution in [-0.4, -0.2) is 21.4 Å². The molecule has 0 unspecified atom stereocenters. The Morgan fingerprint density at radius 2 is 1.69 bits per heavy atom. The quantitative estimate of drug-likeness (QED) is 0.258. The van der Waals surface area contributed by atoms with Crippen LogP contribution in [0.15, 0.2) is 77.2 Å². The monoisotopic (exact) mass is 516 g/mol. The predicted molar refractivity (Wildman–Crippen MR) is 126 cm³/mol. The normalized spacial score (nSPS) is 11.9. The number of para-hydroxylation sites is 2. The number of alkyl halides is 3. The molecule has 0 spiro atoms. The number of anilines is 1. The second kappa shape index (κ2) is 10.5. The highest BCUT2D eigenvalue weighted by Crippen LogP contribution is 2.36. The molecule has 0 fully saturated rings. The van der Waals surface area contributed by atoms with Crippen LogP contribution in [-0.2, 0) is 21.1 Å². The minimum atomic E-state index is -4.74. The number of nitrogens with zero attached hydrogens (tertiary/aromatic N) is 1. The van der Waals surface area contributed by atoms with Crippen LogP contribution in [0.5, 0.6) is 11.5 Å². The van der Waals surface area contributed by atoms with Gasteiger partial charge in [-0.15, -0.1) is 0 Å². The number of amides is 1. The second-order valence-corrected chi connectivity index (χ2v) is 8.94. The van der Waals surface area contributed by atoms with Gasteiger partial charge in [-0.2, -0.15) is 26.9 Å². The fourth-order valence-electron chi connectivity index (χ4n) is 3.09. The summed E-state index contributed by atoms with van der Waals surface area (Å²) in [6.07, 6.45) is -3.74. The Balaban J connectivity index is 2.01. The molecule has 36 heavy (non-hydrogen) atoms. The lowest BCUT2D eigenvalue weighted by Crippen LogP contribution is -2.17. The van der Waals surface area contributed by atoms with Crippen molar-refractivity contribution >= 4 is 27.8 Å². The molecule has 3 aromatic carbocycles. The molecule has 0 aromatic heterocycles. The van der Waals surface area contributed by atoms with Crippen LogP contribution >= 0.6 is 0 Å². The molecule has 0 aliphatic heterocycles. The van der Waals surface area contributed by atoms with E-state index in [1.165, 1.54) is 43.5 Å². The SMILES string of the molecule is COc1cccc(C=C(C#N)C(=O)Nc2ccccc2C(F)(F)F)c1OS(=O)(=O)c1ccc(C)cc1. The maximum atomic E-state index is 13.3. The average Bonchev–Trinajstić information content (AvgIpc) is 2.83. The van der Waals surface area contributed by atoms with Gasteiger partial charge in [0.25, 0.3) is 5.91 Å². The number of hydrogen-bond donors (Lipinski definition) is 1. The number of rotatable bonds is 7. The zero-order chi connectivity index (χ0) is 26.5. The van der Waals surface area contributed by atoms with E-state index in [0.717, 1.165) is 29.8 Å². The van der Waals surface area contributed by atoms with E-state index in [1.54, 1.807) is 25.1 Å². The van der Waals surface area contributed by atoms with Crippen molar-refractivity contribution in [2.24, 2.45) is 0 Å². The Kier molecular flexibility index (Phi) is 7.70. The molecule has 0 heterocycles. The predicted octanol–water partition coefficient (Wildman–Crippen LogP) is 5.34. The van der Waals surface area contributed by atoms with Gasteiger partial charge in [-0.05, 0) is 43.3 Å². The molecule has 3 rings (SSSR count). The summed E-state index contributed by atoms with van der Waals surface area (Å²) in [6, 6.07) is 16.0. The van der Waals surface area contributed by atoms with Gasteiger partial charge in [0.1, 0.15) is 16.5 Å². The van der Waals surface area contributed by atoms with Crippen molar-refractivity contribution in [1.82, 2.24) is 0 Å². The molecule has 0 radical (unpaired) electrons. The van der Waals surface area contributed by atoms with E-state index >= 15 is 0 Å². The first kappa shape index (κ1) is 26.3. The van der Waals surface area contributed by atoms with Gasteiger partial charge in [-0.25, -0.2) is 0 Å².